The van der Waals surface area contributed by atoms with E-state index in [4.69, 9.17) is 14.4 Å². The van der Waals surface area contributed by atoms with Gasteiger partial charge in [-0.2, -0.15) is 0 Å². The van der Waals surface area contributed by atoms with Crippen LogP contribution in [0, 0.1) is 0 Å². The van der Waals surface area contributed by atoms with Crippen molar-refractivity contribution >= 4 is 39.1 Å². The maximum absolute atomic E-state index is 13.4. The highest BCUT2D eigenvalue weighted by molar-refractivity contribution is 6.74. The van der Waals surface area contributed by atoms with Crippen molar-refractivity contribution in [1.29, 1.82) is 0 Å². The number of anilines is 1. The molecule has 0 saturated carbocycles. The molecule has 0 aliphatic rings. The number of benzene rings is 4. The molecule has 5 rings (SSSR count). The number of carbonyl (C=O) groups is 1. The van der Waals surface area contributed by atoms with Gasteiger partial charge in [0.2, 0.25) is 14.2 Å². The van der Waals surface area contributed by atoms with Crippen molar-refractivity contribution in [2.75, 3.05) is 5.32 Å². The molecule has 1 amide bonds. The third-order valence-electron chi connectivity index (χ3n) is 10.1. The van der Waals surface area contributed by atoms with Gasteiger partial charge in [-0.05, 0) is 88.9 Å². The van der Waals surface area contributed by atoms with Gasteiger partial charge in [0.05, 0.1) is 18.3 Å². The topological polar surface area (TPSA) is 84.3 Å². The lowest BCUT2D eigenvalue weighted by Crippen LogP contribution is -2.43. The Labute approximate surface area is 287 Å². The van der Waals surface area contributed by atoms with E-state index in [0.717, 1.165) is 45.2 Å². The van der Waals surface area contributed by atoms with E-state index < -0.39 is 16.6 Å². The fourth-order valence-electron chi connectivity index (χ4n) is 5.24. The Morgan fingerprint density at radius 3 is 2.08 bits per heavy atom. The summed E-state index contributed by atoms with van der Waals surface area (Å²) in [5.74, 6) is 1.11. The van der Waals surface area contributed by atoms with Crippen LogP contribution in [0.15, 0.2) is 97.2 Å². The SMILES string of the molecule is CC(C)(Cc1ccc(CC(=O)Nc2ncc(-c3ccc(O[Si](C)(C)C(C)(C)C)cc3)nc2-c2cccc3ccccc23)cc1)[Si](C)(C)O. The van der Waals surface area contributed by atoms with E-state index in [2.05, 4.69) is 83.4 Å². The summed E-state index contributed by atoms with van der Waals surface area (Å²) in [5.41, 5.74) is 5.21. The van der Waals surface area contributed by atoms with Crippen LogP contribution in [0.4, 0.5) is 5.82 Å². The summed E-state index contributed by atoms with van der Waals surface area (Å²) < 4.78 is 6.50. The maximum atomic E-state index is 13.4. The van der Waals surface area contributed by atoms with Gasteiger partial charge in [-0.25, -0.2) is 9.97 Å². The Morgan fingerprint density at radius 2 is 1.44 bits per heavy atom. The van der Waals surface area contributed by atoms with Crippen molar-refractivity contribution in [3.05, 3.63) is 108 Å². The molecule has 5 aromatic rings. The number of aromatic nitrogens is 2. The van der Waals surface area contributed by atoms with Crippen molar-refractivity contribution in [2.24, 2.45) is 0 Å². The molecule has 0 unspecified atom stereocenters. The van der Waals surface area contributed by atoms with Gasteiger partial charge in [-0.3, -0.25) is 4.79 Å². The zero-order valence-corrected chi connectivity index (χ0v) is 31.8. The smallest absolute Gasteiger partial charge is 0.250 e. The zero-order valence-electron chi connectivity index (χ0n) is 29.8. The summed E-state index contributed by atoms with van der Waals surface area (Å²) in [6, 6.07) is 30.4. The minimum atomic E-state index is -2.33. The highest BCUT2D eigenvalue weighted by Gasteiger charge is 2.39. The number of hydrogen-bond acceptors (Lipinski definition) is 5. The van der Waals surface area contributed by atoms with Gasteiger partial charge >= 0.3 is 0 Å². The average molecular weight is 676 g/mol. The van der Waals surface area contributed by atoms with Crippen LogP contribution in [0.2, 0.25) is 36.3 Å². The molecule has 0 aliphatic heterocycles. The van der Waals surface area contributed by atoms with Crippen LogP contribution in [-0.2, 0) is 17.6 Å². The van der Waals surface area contributed by atoms with E-state index in [1.54, 1.807) is 6.20 Å². The van der Waals surface area contributed by atoms with Crippen LogP contribution < -0.4 is 9.74 Å². The standard InChI is InChI=1S/C40H49N3O3Si2/c1-39(2,3)48(8,9)46-32-23-21-31(22-24-32)35-27-41-38(37(42-35)34-16-12-14-30-13-10-11-15-33(30)34)43-36(44)25-28-17-19-29(20-18-28)26-40(4,5)47(6,7)45/h10-24,27,45H,25-26H2,1-9H3,(H,41,43,44). The maximum Gasteiger partial charge on any atom is 0.250 e. The lowest BCUT2D eigenvalue weighted by Gasteiger charge is -2.36. The third kappa shape index (κ3) is 7.94. The molecule has 0 spiro atoms. The summed E-state index contributed by atoms with van der Waals surface area (Å²) in [6.07, 6.45) is 2.71. The Bertz CT molecular complexity index is 1900. The first-order valence-electron chi connectivity index (χ1n) is 16.7. The van der Waals surface area contributed by atoms with Crippen LogP contribution in [0.3, 0.4) is 0 Å². The molecule has 0 fully saturated rings. The first kappa shape index (κ1) is 35.2. The van der Waals surface area contributed by atoms with E-state index in [-0.39, 0.29) is 22.4 Å². The van der Waals surface area contributed by atoms with E-state index in [1.165, 1.54) is 0 Å². The second-order valence-corrected chi connectivity index (χ2v) is 24.7. The van der Waals surface area contributed by atoms with Gasteiger partial charge in [0.15, 0.2) is 14.1 Å². The second kappa shape index (κ2) is 13.4. The molecular formula is C40H49N3O3Si2. The predicted molar refractivity (Wildman–Crippen MR) is 204 cm³/mol. The van der Waals surface area contributed by atoms with Gasteiger partial charge in [0.1, 0.15) is 11.4 Å². The van der Waals surface area contributed by atoms with Crippen LogP contribution in [0.25, 0.3) is 33.3 Å². The van der Waals surface area contributed by atoms with Crippen molar-refractivity contribution in [2.45, 2.75) is 83.7 Å². The zero-order chi connectivity index (χ0) is 34.9. The van der Waals surface area contributed by atoms with E-state index in [1.807, 2.05) is 73.8 Å². The number of nitrogens with one attached hydrogen (secondary N) is 1. The summed E-state index contributed by atoms with van der Waals surface area (Å²) in [7, 11) is -4.29. The molecule has 1 aromatic heterocycles. The van der Waals surface area contributed by atoms with Crippen molar-refractivity contribution < 1.29 is 14.0 Å². The van der Waals surface area contributed by atoms with Gasteiger partial charge in [-0.1, -0.05) is 101 Å². The van der Waals surface area contributed by atoms with Gasteiger partial charge in [0.25, 0.3) is 0 Å². The van der Waals surface area contributed by atoms with E-state index >= 15 is 0 Å². The Kier molecular flexibility index (Phi) is 9.84. The Morgan fingerprint density at radius 1 is 0.812 bits per heavy atom. The minimum absolute atomic E-state index is 0.102. The molecular weight excluding hydrogens is 627 g/mol. The number of amides is 1. The summed E-state index contributed by atoms with van der Waals surface area (Å²) in [5, 5.41) is 5.13. The quantitative estimate of drug-likeness (QED) is 0.144. The van der Waals surface area contributed by atoms with E-state index in [0.29, 0.717) is 17.2 Å². The molecule has 0 atom stereocenters. The molecule has 4 aromatic carbocycles. The fourth-order valence-corrected chi connectivity index (χ4v) is 6.91. The average Bonchev–Trinajstić information content (AvgIpc) is 3.01. The molecule has 0 saturated heterocycles. The lowest BCUT2D eigenvalue weighted by molar-refractivity contribution is -0.115. The van der Waals surface area contributed by atoms with Gasteiger partial charge in [0, 0.05) is 11.1 Å². The minimum Gasteiger partial charge on any atom is -0.544 e. The van der Waals surface area contributed by atoms with Crippen molar-refractivity contribution in [3.8, 4) is 28.3 Å². The Balaban J connectivity index is 1.42. The van der Waals surface area contributed by atoms with E-state index in [9.17, 15) is 9.59 Å². The van der Waals surface area contributed by atoms with Crippen LogP contribution in [-0.4, -0.2) is 37.3 Å². The summed E-state index contributed by atoms with van der Waals surface area (Å²) in [4.78, 5) is 34.0. The second-order valence-electron chi connectivity index (χ2n) is 15.5. The summed E-state index contributed by atoms with van der Waals surface area (Å²) in [6.45, 7) is 19.4. The lowest BCUT2D eigenvalue weighted by atomic mass is 10.00. The molecule has 0 aliphatic carbocycles. The van der Waals surface area contributed by atoms with Crippen LogP contribution in [0.1, 0.15) is 45.7 Å². The molecule has 48 heavy (non-hydrogen) atoms. The number of rotatable bonds is 10. The third-order valence-corrected chi connectivity index (χ3v) is 17.9. The molecule has 1 heterocycles. The molecule has 6 nitrogen and oxygen atoms in total. The number of carbonyl (C=O) groups excluding carboxylic acids is 1. The molecule has 0 bridgehead atoms. The number of nitrogens with zero attached hydrogens (tertiary/aromatic N) is 2. The number of hydrogen-bond donors (Lipinski definition) is 2. The highest BCUT2D eigenvalue weighted by Crippen LogP contribution is 2.40. The first-order valence-corrected chi connectivity index (χ1v) is 22.5. The predicted octanol–water partition coefficient (Wildman–Crippen LogP) is 10.0. The monoisotopic (exact) mass is 675 g/mol. The number of fused-ring (bicyclic) bond motifs is 1. The van der Waals surface area contributed by atoms with Crippen LogP contribution in [0.5, 0.6) is 5.75 Å². The largest absolute Gasteiger partial charge is 0.544 e. The van der Waals surface area contributed by atoms with Gasteiger partial charge < -0.3 is 14.5 Å². The molecule has 0 radical (unpaired) electrons. The Hall–Kier alpha value is -4.12. The molecule has 8 heteroatoms. The summed E-state index contributed by atoms with van der Waals surface area (Å²) >= 11 is 0. The molecule has 250 valence electrons. The van der Waals surface area contributed by atoms with Gasteiger partial charge in [-0.15, -0.1) is 0 Å². The fraction of sp³-hybridized carbons (Fsp3) is 0.325. The van der Waals surface area contributed by atoms with Crippen LogP contribution >= 0.6 is 0 Å². The van der Waals surface area contributed by atoms with Crippen molar-refractivity contribution in [1.82, 2.24) is 9.97 Å². The highest BCUT2D eigenvalue weighted by atomic mass is 28.4. The first-order chi connectivity index (χ1) is 22.4. The van der Waals surface area contributed by atoms with Crippen molar-refractivity contribution in [3.63, 3.8) is 0 Å². The molecule has 2 N–H and O–H groups in total. The normalized spacial score (nSPS) is 12.6.